The van der Waals surface area contributed by atoms with E-state index >= 15 is 0 Å². The molecule has 0 saturated carbocycles. The molecule has 2 aromatic rings. The molecule has 0 radical (unpaired) electrons. The summed E-state index contributed by atoms with van der Waals surface area (Å²) in [5.41, 5.74) is -0.547. The number of carboxylic acids is 2. The van der Waals surface area contributed by atoms with Crippen LogP contribution in [0.1, 0.15) is 16.1 Å². The smallest absolute Gasteiger partial charge is 0.352 e. The lowest BCUT2D eigenvalue weighted by atomic mass is 10.0. The Morgan fingerprint density at radius 3 is 2.42 bits per heavy atom. The van der Waals surface area contributed by atoms with Gasteiger partial charge in [0.1, 0.15) is 29.4 Å². The molecule has 2 atom stereocenters. The Kier molecular flexibility index (Phi) is 11.1. The van der Waals surface area contributed by atoms with Crippen LogP contribution in [0.2, 0.25) is 0 Å². The summed E-state index contributed by atoms with van der Waals surface area (Å²) in [5, 5.41) is 24.5. The molecule has 17 heteroatoms. The van der Waals surface area contributed by atoms with E-state index in [2.05, 4.69) is 15.6 Å². The van der Waals surface area contributed by atoms with Crippen LogP contribution in [-0.4, -0.2) is 117 Å². The van der Waals surface area contributed by atoms with Gasteiger partial charge in [-0.1, -0.05) is 30.4 Å². The van der Waals surface area contributed by atoms with Gasteiger partial charge in [-0.3, -0.25) is 29.1 Å². The number of nitrogens with zero attached hydrogens (tertiary/aromatic N) is 3. The maximum absolute atomic E-state index is 13.0. The zero-order valence-corrected chi connectivity index (χ0v) is 27.2. The standard InChI is InChI=1S/C26H24N6O7S.C5H11NO2/c33-18(10-14-6-2-3-7-16(14)27-22(35)17-11-19(34)30-26(39)28-17)29-20-23(36)32-21(25(37)38)15(13-40-24(20)32)12-31-8-4-1-5-9-31;1-6(2,3)4-5(7)8/h1-8,11,20,24H,9-10,12-13H2,(H,27,35)(H,29,33)(H,37,38)(H2,28,30,34,39);4H2,1-3H3/t20?,24-;/m1./s1. The molecular weight excluding hydrogens is 646 g/mol. The first-order valence-corrected chi connectivity index (χ1v) is 15.7. The number of aromatic amines is 2. The van der Waals surface area contributed by atoms with E-state index in [9.17, 15) is 43.8 Å². The quantitative estimate of drug-likeness (QED) is 0.142. The van der Waals surface area contributed by atoms with Gasteiger partial charge in [-0.25, -0.2) is 9.59 Å². The fourth-order valence-electron chi connectivity index (χ4n) is 5.04. The molecule has 1 aromatic heterocycles. The van der Waals surface area contributed by atoms with Crippen molar-refractivity contribution in [3.8, 4) is 0 Å². The van der Waals surface area contributed by atoms with Gasteiger partial charge in [0.25, 0.3) is 17.4 Å². The van der Waals surface area contributed by atoms with E-state index in [1.165, 1.54) is 16.7 Å². The number of rotatable bonds is 10. The number of amides is 3. The normalized spacial score (nSPS) is 18.3. The number of nitrogens with one attached hydrogen (secondary N) is 4. The van der Waals surface area contributed by atoms with Crippen LogP contribution in [0.3, 0.4) is 0 Å². The molecule has 3 amide bonds. The Labute approximate surface area is 278 Å². The van der Waals surface area contributed by atoms with Gasteiger partial charge in [-0.2, -0.15) is 0 Å². The number of anilines is 1. The highest BCUT2D eigenvalue weighted by Crippen LogP contribution is 2.40. The van der Waals surface area contributed by atoms with Crippen LogP contribution in [0.25, 0.3) is 0 Å². The number of quaternary nitrogens is 1. The number of likely N-dealkylation sites (N-methyl/N-ethyl adjacent to an activating group) is 1. The average Bonchev–Trinajstić information content (AvgIpc) is 2.99. The first kappa shape index (κ1) is 35.4. The number of allylic oxidation sites excluding steroid dienone is 2. The Morgan fingerprint density at radius 1 is 1.08 bits per heavy atom. The molecule has 1 fully saturated rings. The van der Waals surface area contributed by atoms with E-state index in [0.29, 0.717) is 34.5 Å². The average molecular weight is 682 g/mol. The molecule has 0 bridgehead atoms. The third kappa shape index (κ3) is 9.10. The fourth-order valence-corrected chi connectivity index (χ4v) is 6.37. The molecule has 0 aliphatic carbocycles. The van der Waals surface area contributed by atoms with Crippen LogP contribution < -0.4 is 27.0 Å². The van der Waals surface area contributed by atoms with Crippen LogP contribution >= 0.6 is 11.8 Å². The van der Waals surface area contributed by atoms with Crippen molar-refractivity contribution in [1.29, 1.82) is 0 Å². The zero-order chi connectivity index (χ0) is 35.2. The van der Waals surface area contributed by atoms with Crippen molar-refractivity contribution in [3.05, 3.63) is 98.1 Å². The van der Waals surface area contributed by atoms with Crippen molar-refractivity contribution in [1.82, 2.24) is 25.1 Å². The highest BCUT2D eigenvalue weighted by molar-refractivity contribution is 8.00. The van der Waals surface area contributed by atoms with Crippen LogP contribution in [0, 0.1) is 0 Å². The maximum Gasteiger partial charge on any atom is 0.352 e. The molecule has 1 saturated heterocycles. The minimum atomic E-state index is -1.19. The van der Waals surface area contributed by atoms with E-state index in [4.69, 9.17) is 0 Å². The summed E-state index contributed by atoms with van der Waals surface area (Å²) in [6.45, 7) is 1.08. The molecular formula is C31H35N7O9S. The van der Waals surface area contributed by atoms with E-state index in [-0.39, 0.29) is 30.0 Å². The number of para-hydroxylation sites is 1. The number of hydrogen-bond donors (Lipinski definition) is 5. The summed E-state index contributed by atoms with van der Waals surface area (Å²) in [6, 6.07) is 6.51. The predicted molar refractivity (Wildman–Crippen MR) is 173 cm³/mol. The van der Waals surface area contributed by atoms with Gasteiger partial charge in [0.15, 0.2) is 0 Å². The van der Waals surface area contributed by atoms with Crippen molar-refractivity contribution < 1.29 is 38.7 Å². The number of carbonyl (C=O) groups excluding carboxylic acids is 4. The van der Waals surface area contributed by atoms with Crippen molar-refractivity contribution >= 4 is 47.1 Å². The SMILES string of the molecule is C[N+](C)(C)CC(=O)[O-].O=C(Cc1ccccc1NC(=O)c1cc(=O)[nH]c(=O)[nH]1)NC1C(=O)N2C(C(=O)O)=C(CN3C=CC=CC3)CS[C@H]12. The van der Waals surface area contributed by atoms with Gasteiger partial charge in [0.05, 0.1) is 33.5 Å². The van der Waals surface area contributed by atoms with Crippen LogP contribution in [0.15, 0.2) is 75.6 Å². The lowest BCUT2D eigenvalue weighted by molar-refractivity contribution is -0.864. The van der Waals surface area contributed by atoms with Gasteiger partial charge in [-0.15, -0.1) is 11.8 Å². The van der Waals surface area contributed by atoms with Gasteiger partial charge in [-0.05, 0) is 29.5 Å². The molecule has 5 rings (SSSR count). The molecule has 1 unspecified atom stereocenters. The highest BCUT2D eigenvalue weighted by Gasteiger charge is 2.54. The van der Waals surface area contributed by atoms with E-state index in [1.54, 1.807) is 45.4 Å². The number of H-pyrrole nitrogens is 2. The number of hydrogen-bond acceptors (Lipinski definition) is 10. The molecule has 1 aromatic carbocycles. The first-order valence-electron chi connectivity index (χ1n) is 14.6. The van der Waals surface area contributed by atoms with E-state index < -0.39 is 52.3 Å². The summed E-state index contributed by atoms with van der Waals surface area (Å²) in [6.07, 6.45) is 7.39. The number of benzene rings is 1. The fraction of sp³-hybridized carbons (Fsp3) is 0.323. The highest BCUT2D eigenvalue weighted by atomic mass is 32.2. The number of thioether (sulfide) groups is 1. The Bertz CT molecular complexity index is 1790. The van der Waals surface area contributed by atoms with E-state index in [1.807, 2.05) is 34.3 Å². The summed E-state index contributed by atoms with van der Waals surface area (Å²) in [7, 11) is 5.40. The lowest BCUT2D eigenvalue weighted by Gasteiger charge is -2.49. The summed E-state index contributed by atoms with van der Waals surface area (Å²) >= 11 is 1.39. The van der Waals surface area contributed by atoms with Gasteiger partial charge in [0, 0.05) is 30.6 Å². The second-order valence-electron chi connectivity index (χ2n) is 12.0. The Morgan fingerprint density at radius 2 is 1.81 bits per heavy atom. The van der Waals surface area contributed by atoms with Gasteiger partial charge >= 0.3 is 11.7 Å². The molecule has 5 N–H and O–H groups in total. The zero-order valence-electron chi connectivity index (χ0n) is 26.3. The largest absolute Gasteiger partial charge is 0.544 e. The molecule has 0 spiro atoms. The second kappa shape index (κ2) is 15.0. The summed E-state index contributed by atoms with van der Waals surface area (Å²) in [4.78, 5) is 90.9. The second-order valence-corrected chi connectivity index (χ2v) is 13.1. The number of β-lactam (4-membered cyclic amide) rings is 1. The monoisotopic (exact) mass is 681 g/mol. The Hall–Kier alpha value is -5.42. The van der Waals surface area contributed by atoms with Crippen molar-refractivity contribution in [3.63, 3.8) is 0 Å². The predicted octanol–water partition coefficient (Wildman–Crippen LogP) is -1.58. The molecule has 16 nitrogen and oxygen atoms in total. The molecule has 3 aliphatic rings. The number of carbonyl (C=O) groups is 5. The van der Waals surface area contributed by atoms with Gasteiger partial charge in [0.2, 0.25) is 5.91 Å². The molecule has 48 heavy (non-hydrogen) atoms. The minimum absolute atomic E-state index is 0.0481. The molecule has 254 valence electrons. The third-order valence-corrected chi connectivity index (χ3v) is 8.41. The minimum Gasteiger partial charge on any atom is -0.544 e. The van der Waals surface area contributed by atoms with Crippen LogP contribution in [0.4, 0.5) is 5.69 Å². The third-order valence-electron chi connectivity index (χ3n) is 7.07. The summed E-state index contributed by atoms with van der Waals surface area (Å²) < 4.78 is 0.419. The van der Waals surface area contributed by atoms with Crippen molar-refractivity contribution in [2.24, 2.45) is 0 Å². The lowest BCUT2D eigenvalue weighted by Crippen LogP contribution is -2.70. The van der Waals surface area contributed by atoms with Crippen LogP contribution in [-0.2, 0) is 25.6 Å². The number of carboxylic acid groups (broad SMARTS) is 2. The topological polar surface area (TPSA) is 225 Å². The van der Waals surface area contributed by atoms with Crippen LogP contribution in [0.5, 0.6) is 0 Å². The first-order chi connectivity index (χ1) is 22.6. The van der Waals surface area contributed by atoms with E-state index in [0.717, 1.165) is 6.07 Å². The van der Waals surface area contributed by atoms with Gasteiger partial charge < -0.3 is 40.0 Å². The maximum atomic E-state index is 13.0. The number of fused-ring (bicyclic) bond motifs is 1. The number of aromatic nitrogens is 2. The summed E-state index contributed by atoms with van der Waals surface area (Å²) in [5.74, 6) is -3.55. The number of aliphatic carboxylic acids is 2. The van der Waals surface area contributed by atoms with Crippen molar-refractivity contribution in [2.75, 3.05) is 51.8 Å². The molecule has 4 heterocycles. The Balaban J connectivity index is 0.000000579. The van der Waals surface area contributed by atoms with Crippen molar-refractivity contribution in [2.45, 2.75) is 17.8 Å². The molecule has 3 aliphatic heterocycles.